The second kappa shape index (κ2) is 11.1. The van der Waals surface area contributed by atoms with E-state index in [2.05, 4.69) is 0 Å². The summed E-state index contributed by atoms with van der Waals surface area (Å²) in [6.07, 6.45) is 2.90. The molecule has 2 fully saturated rings. The minimum Gasteiger partial charge on any atom is -0.450 e. The van der Waals surface area contributed by atoms with Gasteiger partial charge in [0.25, 0.3) is 11.5 Å². The lowest BCUT2D eigenvalue weighted by Crippen LogP contribution is -2.49. The molecule has 0 saturated carbocycles. The Morgan fingerprint density at radius 2 is 1.85 bits per heavy atom. The highest BCUT2D eigenvalue weighted by Crippen LogP contribution is 2.34. The van der Waals surface area contributed by atoms with E-state index in [9.17, 15) is 18.8 Å². The number of ether oxygens (including phenoxy) is 1. The van der Waals surface area contributed by atoms with Crippen LogP contribution in [0.3, 0.4) is 0 Å². The van der Waals surface area contributed by atoms with E-state index >= 15 is 0 Å². The number of fused-ring (bicyclic) bond motifs is 1. The van der Waals surface area contributed by atoms with Crippen LogP contribution < -0.4 is 10.5 Å². The highest BCUT2D eigenvalue weighted by atomic mass is 32.2. The molecule has 0 aliphatic carbocycles. The molecule has 9 nitrogen and oxygen atoms in total. The molecule has 2 aliphatic heterocycles. The maximum absolute atomic E-state index is 13.7. The van der Waals surface area contributed by atoms with Gasteiger partial charge in [-0.05, 0) is 49.2 Å². The zero-order valence-corrected chi connectivity index (χ0v) is 23.1. The van der Waals surface area contributed by atoms with Crippen LogP contribution >= 0.6 is 24.0 Å². The van der Waals surface area contributed by atoms with Crippen LogP contribution in [0.4, 0.5) is 15.0 Å². The zero-order chi connectivity index (χ0) is 27.7. The third-order valence-corrected chi connectivity index (χ3v) is 7.87. The fourth-order valence-electron chi connectivity index (χ4n) is 4.47. The number of nitrogens with zero attached hydrogens (tertiary/aromatic N) is 5. The molecule has 1 aromatic carbocycles. The van der Waals surface area contributed by atoms with Gasteiger partial charge in [0.05, 0.1) is 23.6 Å². The van der Waals surface area contributed by atoms with Gasteiger partial charge in [-0.1, -0.05) is 42.2 Å². The van der Waals surface area contributed by atoms with Crippen molar-refractivity contribution in [1.29, 1.82) is 0 Å². The third-order valence-electron chi connectivity index (χ3n) is 6.49. The van der Waals surface area contributed by atoms with Gasteiger partial charge in [-0.3, -0.25) is 18.9 Å². The quantitative estimate of drug-likeness (QED) is 0.340. The normalized spacial score (nSPS) is 17.0. The van der Waals surface area contributed by atoms with Gasteiger partial charge < -0.3 is 14.5 Å². The Kier molecular flexibility index (Phi) is 7.67. The SMILES string of the molecule is CCOC(=O)N1CCN(c2nc3ccc(C)cn3c(=O)c2C=C2SC(=S)N(Cc3ccc(F)cc3)C2=O)CC1. The largest absolute Gasteiger partial charge is 0.450 e. The first kappa shape index (κ1) is 26.8. The van der Waals surface area contributed by atoms with E-state index in [1.165, 1.54) is 21.4 Å². The van der Waals surface area contributed by atoms with Crippen molar-refractivity contribution in [2.24, 2.45) is 0 Å². The first-order valence-corrected chi connectivity index (χ1v) is 13.7. The number of hydrogen-bond acceptors (Lipinski definition) is 8. The molecule has 0 unspecified atom stereocenters. The van der Waals surface area contributed by atoms with Gasteiger partial charge in [-0.25, -0.2) is 14.2 Å². The summed E-state index contributed by atoms with van der Waals surface area (Å²) in [5.74, 6) is -0.253. The van der Waals surface area contributed by atoms with Gasteiger partial charge >= 0.3 is 6.09 Å². The van der Waals surface area contributed by atoms with Crippen LogP contribution in [0.15, 0.2) is 52.3 Å². The summed E-state index contributed by atoms with van der Waals surface area (Å²) in [5.41, 5.74) is 2.06. The number of amides is 2. The molecule has 2 aromatic heterocycles. The Hall–Kier alpha value is -3.77. The summed E-state index contributed by atoms with van der Waals surface area (Å²) in [4.78, 5) is 49.4. The summed E-state index contributed by atoms with van der Waals surface area (Å²) in [6.45, 7) is 5.84. The lowest BCUT2D eigenvalue weighted by molar-refractivity contribution is -0.122. The first-order valence-electron chi connectivity index (χ1n) is 12.4. The number of carbonyl (C=O) groups is 2. The van der Waals surface area contributed by atoms with Crippen molar-refractivity contribution >= 4 is 57.8 Å². The van der Waals surface area contributed by atoms with Gasteiger partial charge in [-0.15, -0.1) is 0 Å². The van der Waals surface area contributed by atoms with Gasteiger partial charge in [0.1, 0.15) is 21.6 Å². The lowest BCUT2D eigenvalue weighted by atomic mass is 10.2. The number of carbonyl (C=O) groups excluding carboxylic acids is 2. The Bertz CT molecular complexity index is 1550. The molecule has 0 atom stereocenters. The molecule has 2 saturated heterocycles. The van der Waals surface area contributed by atoms with E-state index in [0.717, 1.165) is 22.9 Å². The van der Waals surface area contributed by atoms with E-state index in [1.54, 1.807) is 42.3 Å². The minimum atomic E-state index is -0.371. The van der Waals surface area contributed by atoms with Crippen molar-refractivity contribution < 1.29 is 18.7 Å². The lowest BCUT2D eigenvalue weighted by Gasteiger charge is -2.35. The number of aromatic nitrogens is 2. The number of thiocarbonyl (C=S) groups is 1. The second-order valence-electron chi connectivity index (χ2n) is 9.16. The molecular weight excluding hydrogens is 541 g/mol. The second-order valence-corrected chi connectivity index (χ2v) is 10.8. The van der Waals surface area contributed by atoms with Crippen LogP contribution in [-0.4, -0.2) is 68.3 Å². The molecule has 39 heavy (non-hydrogen) atoms. The standard InChI is InChI=1S/C27H26FN5O4S2/c1-3-37-26(36)31-12-10-30(11-13-31)23-20(24(34)32-15-17(2)4-9-22(32)29-23)14-21-25(35)33(27(38)39-21)16-18-5-7-19(28)8-6-18/h4-9,14-15H,3,10-13,16H2,1-2H3. The molecule has 0 N–H and O–H groups in total. The summed E-state index contributed by atoms with van der Waals surface area (Å²) in [5, 5.41) is 0. The molecule has 12 heteroatoms. The molecule has 2 aliphatic rings. The Morgan fingerprint density at radius 1 is 1.13 bits per heavy atom. The molecule has 2 amide bonds. The molecule has 0 radical (unpaired) electrons. The van der Waals surface area contributed by atoms with E-state index in [1.807, 2.05) is 17.9 Å². The van der Waals surface area contributed by atoms with Crippen molar-refractivity contribution in [3.05, 3.63) is 80.4 Å². The number of benzene rings is 1. The van der Waals surface area contributed by atoms with Gasteiger partial charge in [0.15, 0.2) is 0 Å². The number of halogens is 1. The maximum Gasteiger partial charge on any atom is 0.409 e. The van der Waals surface area contributed by atoms with Crippen LogP contribution in [0.25, 0.3) is 11.7 Å². The average Bonchev–Trinajstić information content (AvgIpc) is 3.19. The zero-order valence-electron chi connectivity index (χ0n) is 21.4. The van der Waals surface area contributed by atoms with Crippen LogP contribution in [-0.2, 0) is 16.1 Å². The number of anilines is 1. The van der Waals surface area contributed by atoms with Crippen molar-refractivity contribution in [2.45, 2.75) is 20.4 Å². The van der Waals surface area contributed by atoms with Crippen molar-refractivity contribution in [3.8, 4) is 0 Å². The van der Waals surface area contributed by atoms with Gasteiger partial charge in [-0.2, -0.15) is 0 Å². The average molecular weight is 568 g/mol. The number of rotatable bonds is 5. The number of aryl methyl sites for hydroxylation is 1. The number of hydrogen-bond donors (Lipinski definition) is 0. The van der Waals surface area contributed by atoms with Crippen molar-refractivity contribution in [3.63, 3.8) is 0 Å². The predicted octanol–water partition coefficient (Wildman–Crippen LogP) is 3.82. The maximum atomic E-state index is 13.7. The fourth-order valence-corrected chi connectivity index (χ4v) is 5.71. The van der Waals surface area contributed by atoms with Gasteiger partial charge in [0.2, 0.25) is 0 Å². The van der Waals surface area contributed by atoms with Crippen LogP contribution in [0.5, 0.6) is 0 Å². The smallest absolute Gasteiger partial charge is 0.409 e. The molecule has 5 rings (SSSR count). The highest BCUT2D eigenvalue weighted by Gasteiger charge is 2.33. The number of pyridine rings is 1. The Morgan fingerprint density at radius 3 is 2.54 bits per heavy atom. The van der Waals surface area contributed by atoms with Crippen molar-refractivity contribution in [2.75, 3.05) is 37.7 Å². The van der Waals surface area contributed by atoms with Crippen LogP contribution in [0.1, 0.15) is 23.6 Å². The number of thioether (sulfide) groups is 1. The highest BCUT2D eigenvalue weighted by molar-refractivity contribution is 8.26. The topological polar surface area (TPSA) is 87.5 Å². The summed E-state index contributed by atoms with van der Waals surface area (Å²) in [7, 11) is 0. The molecule has 4 heterocycles. The predicted molar refractivity (Wildman–Crippen MR) is 152 cm³/mol. The van der Waals surface area contributed by atoms with E-state index < -0.39 is 0 Å². The molecule has 3 aromatic rings. The molecule has 202 valence electrons. The first-order chi connectivity index (χ1) is 18.7. The Balaban J connectivity index is 1.50. The monoisotopic (exact) mass is 567 g/mol. The Labute approximate surface area is 233 Å². The fraction of sp³-hybridized carbons (Fsp3) is 0.296. The van der Waals surface area contributed by atoms with Crippen LogP contribution in [0, 0.1) is 12.7 Å². The van der Waals surface area contributed by atoms with E-state index in [-0.39, 0.29) is 35.5 Å². The van der Waals surface area contributed by atoms with Crippen molar-refractivity contribution in [1.82, 2.24) is 19.2 Å². The summed E-state index contributed by atoms with van der Waals surface area (Å²) < 4.78 is 20.3. The van der Waals surface area contributed by atoms with E-state index in [4.69, 9.17) is 21.9 Å². The van der Waals surface area contributed by atoms with Gasteiger partial charge in [0, 0.05) is 32.4 Å². The molecule has 0 spiro atoms. The summed E-state index contributed by atoms with van der Waals surface area (Å²) >= 11 is 6.59. The molecular formula is C27H26FN5O4S2. The third kappa shape index (κ3) is 5.52. The van der Waals surface area contributed by atoms with Crippen LogP contribution in [0.2, 0.25) is 0 Å². The minimum absolute atomic E-state index is 0.194. The van der Waals surface area contributed by atoms with E-state index in [0.29, 0.717) is 53.5 Å². The molecule has 0 bridgehead atoms. The summed E-state index contributed by atoms with van der Waals surface area (Å²) in [6, 6.07) is 9.54. The number of piperazine rings is 1.